The molecule has 160 valence electrons. The van der Waals surface area contributed by atoms with Crippen molar-refractivity contribution in [3.8, 4) is 16.4 Å². The molecule has 4 rings (SSSR count). The highest BCUT2D eigenvalue weighted by Crippen LogP contribution is 2.25. The fraction of sp³-hybridized carbons (Fsp3) is 0.200. The van der Waals surface area contributed by atoms with E-state index in [1.54, 1.807) is 18.7 Å². The summed E-state index contributed by atoms with van der Waals surface area (Å²) in [7, 11) is 1.79. The number of nitrogens with zero attached hydrogens (tertiary/aromatic N) is 5. The van der Waals surface area contributed by atoms with E-state index in [9.17, 15) is 9.59 Å². The summed E-state index contributed by atoms with van der Waals surface area (Å²) in [5.41, 5.74) is 1.42. The second-order valence-corrected chi connectivity index (χ2v) is 8.75. The summed E-state index contributed by atoms with van der Waals surface area (Å²) < 4.78 is 4.68. The molecule has 11 heteroatoms. The number of para-hydroxylation sites is 1. The number of aromatic nitrogens is 5. The number of hydrogen-bond donors (Lipinski definition) is 2. The summed E-state index contributed by atoms with van der Waals surface area (Å²) in [6, 6.07) is 13.1. The average molecular weight is 456 g/mol. The van der Waals surface area contributed by atoms with E-state index in [4.69, 9.17) is 5.84 Å². The first-order valence-electron chi connectivity index (χ1n) is 9.48. The van der Waals surface area contributed by atoms with E-state index >= 15 is 0 Å². The predicted octanol–water partition coefficient (Wildman–Crippen LogP) is 2.64. The Kier molecular flexibility index (Phi) is 5.96. The number of nitrogens with two attached hydrogens (primary N) is 1. The van der Waals surface area contributed by atoms with Gasteiger partial charge in [-0.25, -0.2) is 9.36 Å². The van der Waals surface area contributed by atoms with E-state index in [1.807, 2.05) is 47.8 Å². The van der Waals surface area contributed by atoms with Gasteiger partial charge in [0.25, 0.3) is 5.56 Å². The number of amides is 1. The summed E-state index contributed by atoms with van der Waals surface area (Å²) in [5.74, 6) is 6.86. The summed E-state index contributed by atoms with van der Waals surface area (Å²) in [6.45, 7) is 1.80. The Morgan fingerprint density at radius 2 is 1.97 bits per heavy atom. The van der Waals surface area contributed by atoms with Gasteiger partial charge in [0.05, 0.1) is 16.3 Å². The van der Waals surface area contributed by atoms with E-state index in [-0.39, 0.29) is 23.6 Å². The molecule has 0 aliphatic carbocycles. The smallest absolute Gasteiger partial charge is 0.295 e. The minimum absolute atomic E-state index is 0.199. The van der Waals surface area contributed by atoms with E-state index in [0.29, 0.717) is 22.4 Å². The maximum Gasteiger partial charge on any atom is 0.295 e. The monoisotopic (exact) mass is 455 g/mol. The Bertz CT molecular complexity index is 1260. The number of nitrogens with one attached hydrogen (secondary N) is 1. The second kappa shape index (κ2) is 8.82. The highest BCUT2D eigenvalue weighted by molar-refractivity contribution is 7.99. The Morgan fingerprint density at radius 1 is 1.19 bits per heavy atom. The molecule has 3 heterocycles. The fourth-order valence-electron chi connectivity index (χ4n) is 3.10. The lowest BCUT2D eigenvalue weighted by Gasteiger charge is -2.07. The molecule has 3 aromatic heterocycles. The molecule has 0 saturated heterocycles. The van der Waals surface area contributed by atoms with Gasteiger partial charge < -0.3 is 11.2 Å². The highest BCUT2D eigenvalue weighted by Gasteiger charge is 2.18. The summed E-state index contributed by atoms with van der Waals surface area (Å²) in [4.78, 5) is 26.3. The zero-order chi connectivity index (χ0) is 22.0. The third-order valence-electron chi connectivity index (χ3n) is 4.79. The molecule has 0 saturated carbocycles. The van der Waals surface area contributed by atoms with E-state index in [1.165, 1.54) is 32.5 Å². The van der Waals surface area contributed by atoms with Crippen LogP contribution >= 0.6 is 23.1 Å². The van der Waals surface area contributed by atoms with Crippen LogP contribution in [0, 0.1) is 6.92 Å². The number of anilines is 1. The lowest BCUT2D eigenvalue weighted by atomic mass is 10.3. The molecular weight excluding hydrogens is 434 g/mol. The van der Waals surface area contributed by atoms with Gasteiger partial charge in [0, 0.05) is 19.2 Å². The van der Waals surface area contributed by atoms with Gasteiger partial charge in [-0.3, -0.25) is 14.3 Å². The van der Waals surface area contributed by atoms with E-state index < -0.39 is 0 Å². The van der Waals surface area contributed by atoms with Crippen LogP contribution in [0.1, 0.15) is 12.1 Å². The molecule has 4 aromatic rings. The third-order valence-corrected chi connectivity index (χ3v) is 6.60. The number of nitrogen functional groups attached to an aromatic ring is 1. The van der Waals surface area contributed by atoms with Crippen LogP contribution in [0.5, 0.6) is 0 Å². The first-order chi connectivity index (χ1) is 15.0. The molecule has 0 fully saturated rings. The van der Waals surface area contributed by atoms with Crippen LogP contribution in [-0.2, 0) is 11.8 Å². The van der Waals surface area contributed by atoms with E-state index in [0.717, 1.165) is 10.6 Å². The standard InChI is InChI=1S/C20H21N7O2S2/c1-13-17(19(29)27(25(13)2)14-7-4-3-5-8-14)22-16(28)10-12-31-20-24-23-18(26(20)21)15-9-6-11-30-15/h3-9,11H,10,12,21H2,1-2H3,(H,22,28). The number of rotatable bonds is 7. The number of thiophene rings is 1. The minimum Gasteiger partial charge on any atom is -0.335 e. The van der Waals surface area contributed by atoms with Crippen LogP contribution in [0.3, 0.4) is 0 Å². The Balaban J connectivity index is 1.41. The van der Waals surface area contributed by atoms with Crippen molar-refractivity contribution in [2.45, 2.75) is 18.5 Å². The SMILES string of the molecule is Cc1c(NC(=O)CCSc2nnc(-c3cccs3)n2N)c(=O)n(-c2ccccc2)n1C. The van der Waals surface area contributed by atoms with Crippen molar-refractivity contribution in [1.29, 1.82) is 0 Å². The molecule has 0 spiro atoms. The van der Waals surface area contributed by atoms with E-state index in [2.05, 4.69) is 15.5 Å². The molecule has 31 heavy (non-hydrogen) atoms. The van der Waals surface area contributed by atoms with Crippen molar-refractivity contribution < 1.29 is 4.79 Å². The van der Waals surface area contributed by atoms with Gasteiger partial charge in [-0.15, -0.1) is 21.5 Å². The highest BCUT2D eigenvalue weighted by atomic mass is 32.2. The van der Waals surface area contributed by atoms with Gasteiger partial charge in [-0.05, 0) is 30.5 Å². The molecule has 3 N–H and O–H groups in total. The van der Waals surface area contributed by atoms with Gasteiger partial charge in [-0.2, -0.15) is 0 Å². The molecule has 9 nitrogen and oxygen atoms in total. The number of carbonyl (C=O) groups is 1. The van der Waals surface area contributed by atoms with Crippen LogP contribution in [-0.4, -0.2) is 35.9 Å². The molecule has 0 aliphatic heterocycles. The Labute approximate surface area is 186 Å². The van der Waals surface area contributed by atoms with Gasteiger partial charge in [0.2, 0.25) is 11.1 Å². The first-order valence-corrected chi connectivity index (χ1v) is 11.3. The van der Waals surface area contributed by atoms with Crippen molar-refractivity contribution in [3.05, 3.63) is 63.9 Å². The molecule has 1 amide bonds. The Morgan fingerprint density at radius 3 is 2.68 bits per heavy atom. The maximum absolute atomic E-state index is 12.9. The van der Waals surface area contributed by atoms with Crippen LogP contribution in [0.2, 0.25) is 0 Å². The van der Waals surface area contributed by atoms with Crippen molar-refractivity contribution >= 4 is 34.7 Å². The second-order valence-electron chi connectivity index (χ2n) is 6.74. The lowest BCUT2D eigenvalue weighted by molar-refractivity contribution is -0.115. The number of carbonyl (C=O) groups excluding carboxylic acids is 1. The number of hydrogen-bond acceptors (Lipinski definition) is 7. The number of thioether (sulfide) groups is 1. The van der Waals surface area contributed by atoms with Crippen LogP contribution in [0.25, 0.3) is 16.4 Å². The molecule has 0 radical (unpaired) electrons. The van der Waals surface area contributed by atoms with Gasteiger partial charge in [0.15, 0.2) is 5.82 Å². The molecular formula is C20H21N7O2S2. The quantitative estimate of drug-likeness (QED) is 0.327. The molecule has 0 aliphatic rings. The maximum atomic E-state index is 12.9. The van der Waals surface area contributed by atoms with Crippen molar-refractivity contribution in [2.24, 2.45) is 7.05 Å². The van der Waals surface area contributed by atoms with Crippen molar-refractivity contribution in [1.82, 2.24) is 24.2 Å². The normalized spacial score (nSPS) is 11.0. The first kappa shape index (κ1) is 20.9. The molecule has 0 unspecified atom stereocenters. The largest absolute Gasteiger partial charge is 0.335 e. The fourth-order valence-corrected chi connectivity index (χ4v) is 4.60. The summed E-state index contributed by atoms with van der Waals surface area (Å²) in [5, 5.41) is 13.4. The molecule has 1 aromatic carbocycles. The van der Waals surface area contributed by atoms with Gasteiger partial charge >= 0.3 is 0 Å². The lowest BCUT2D eigenvalue weighted by Crippen LogP contribution is -2.23. The zero-order valence-electron chi connectivity index (χ0n) is 17.0. The van der Waals surface area contributed by atoms with Crippen molar-refractivity contribution in [3.63, 3.8) is 0 Å². The van der Waals surface area contributed by atoms with Crippen molar-refractivity contribution in [2.75, 3.05) is 16.9 Å². The third kappa shape index (κ3) is 4.14. The van der Waals surface area contributed by atoms with Gasteiger partial charge in [0.1, 0.15) is 5.69 Å². The molecule has 0 bridgehead atoms. The number of benzene rings is 1. The predicted molar refractivity (Wildman–Crippen MR) is 123 cm³/mol. The van der Waals surface area contributed by atoms with Crippen LogP contribution in [0.4, 0.5) is 5.69 Å². The van der Waals surface area contributed by atoms with Gasteiger partial charge in [-0.1, -0.05) is 36.0 Å². The topological polar surface area (TPSA) is 113 Å². The van der Waals surface area contributed by atoms with Crippen LogP contribution in [0.15, 0.2) is 57.8 Å². The molecule has 0 atom stereocenters. The zero-order valence-corrected chi connectivity index (χ0v) is 18.6. The Hall–Kier alpha value is -3.31. The summed E-state index contributed by atoms with van der Waals surface area (Å²) in [6.07, 6.45) is 0.199. The summed E-state index contributed by atoms with van der Waals surface area (Å²) >= 11 is 2.86. The average Bonchev–Trinajstić information content (AvgIpc) is 3.46. The van der Waals surface area contributed by atoms with Crippen LogP contribution < -0.4 is 16.7 Å². The minimum atomic E-state index is -0.269.